The number of halogens is 6. The molecule has 2 heterocycles. The van der Waals surface area contributed by atoms with Gasteiger partial charge in [-0.05, 0) is 65.6 Å². The first-order valence-electron chi connectivity index (χ1n) is 11.3. The van der Waals surface area contributed by atoms with Gasteiger partial charge >= 0.3 is 12.4 Å². The lowest BCUT2D eigenvalue weighted by Crippen LogP contribution is -2.27. The molecule has 0 spiro atoms. The molecule has 0 bridgehead atoms. The van der Waals surface area contributed by atoms with E-state index in [-0.39, 0.29) is 17.2 Å². The number of amides is 1. The molecule has 0 radical (unpaired) electrons. The molecule has 1 amide bonds. The lowest BCUT2D eigenvalue weighted by molar-refractivity contribution is -0.143. The van der Waals surface area contributed by atoms with Gasteiger partial charge in [-0.15, -0.1) is 0 Å². The van der Waals surface area contributed by atoms with Crippen molar-refractivity contribution in [1.82, 2.24) is 14.9 Å². The first kappa shape index (κ1) is 26.8. The van der Waals surface area contributed by atoms with Crippen LogP contribution in [0.15, 0.2) is 79.3 Å². The van der Waals surface area contributed by atoms with Crippen molar-refractivity contribution in [2.24, 2.45) is 0 Å². The highest BCUT2D eigenvalue weighted by Gasteiger charge is 2.37. The van der Waals surface area contributed by atoms with Gasteiger partial charge in [0.2, 0.25) is 0 Å². The Labute approximate surface area is 214 Å². The Hall–Kier alpha value is -4.21. The zero-order valence-electron chi connectivity index (χ0n) is 20.2. The van der Waals surface area contributed by atoms with E-state index in [1.807, 2.05) is 25.1 Å². The van der Waals surface area contributed by atoms with Gasteiger partial charge in [-0.3, -0.25) is 14.8 Å². The summed E-state index contributed by atoms with van der Waals surface area (Å²) in [6.45, 7) is 1.38. The summed E-state index contributed by atoms with van der Waals surface area (Å²) >= 11 is 0. The van der Waals surface area contributed by atoms with Crippen LogP contribution in [-0.2, 0) is 18.9 Å². The summed E-state index contributed by atoms with van der Waals surface area (Å²) in [6, 6.07) is 13.9. The predicted molar refractivity (Wildman–Crippen MR) is 130 cm³/mol. The Morgan fingerprint density at radius 3 is 2.08 bits per heavy atom. The molecule has 0 unspecified atom stereocenters. The van der Waals surface area contributed by atoms with Crippen LogP contribution in [0.4, 0.5) is 26.3 Å². The molecule has 0 fully saturated rings. The molecule has 4 rings (SSSR count). The number of aryl methyl sites for hydroxylation is 1. The van der Waals surface area contributed by atoms with Gasteiger partial charge < -0.3 is 4.90 Å². The van der Waals surface area contributed by atoms with Crippen LogP contribution in [0.1, 0.15) is 32.6 Å². The van der Waals surface area contributed by atoms with Gasteiger partial charge in [0.05, 0.1) is 22.4 Å². The number of pyridine rings is 2. The van der Waals surface area contributed by atoms with E-state index in [1.54, 1.807) is 36.7 Å². The number of carbonyl (C=O) groups excluding carboxylic acids is 1. The number of benzene rings is 2. The van der Waals surface area contributed by atoms with E-state index in [2.05, 4.69) is 9.97 Å². The second-order valence-corrected chi connectivity index (χ2v) is 8.75. The van der Waals surface area contributed by atoms with Crippen LogP contribution in [-0.4, -0.2) is 27.8 Å². The minimum absolute atomic E-state index is 0.0582. The molecule has 10 heteroatoms. The molecule has 0 saturated carbocycles. The smallest absolute Gasteiger partial charge is 0.337 e. The van der Waals surface area contributed by atoms with Crippen LogP contribution >= 0.6 is 0 Å². The van der Waals surface area contributed by atoms with E-state index in [9.17, 15) is 31.1 Å². The molecule has 4 aromatic rings. The minimum Gasteiger partial charge on any atom is -0.337 e. The van der Waals surface area contributed by atoms with Crippen LogP contribution < -0.4 is 0 Å². The van der Waals surface area contributed by atoms with Crippen molar-refractivity contribution < 1.29 is 31.1 Å². The maximum atomic E-state index is 13.5. The fourth-order valence-electron chi connectivity index (χ4n) is 4.06. The maximum Gasteiger partial charge on any atom is 0.416 e. The van der Waals surface area contributed by atoms with E-state index >= 15 is 0 Å². The van der Waals surface area contributed by atoms with Gasteiger partial charge in [-0.1, -0.05) is 24.3 Å². The highest BCUT2D eigenvalue weighted by molar-refractivity contribution is 6.01. The van der Waals surface area contributed by atoms with E-state index in [4.69, 9.17) is 0 Å². The Kier molecular flexibility index (Phi) is 7.26. The number of alkyl halides is 6. The average molecular weight is 529 g/mol. The quantitative estimate of drug-likeness (QED) is 0.253. The highest BCUT2D eigenvalue weighted by atomic mass is 19.4. The fraction of sp³-hybridized carbons (Fsp3) is 0.179. The number of carbonyl (C=O) groups is 1. The molecule has 0 aliphatic rings. The molecule has 2 aromatic heterocycles. The van der Waals surface area contributed by atoms with Gasteiger partial charge in [0.1, 0.15) is 0 Å². The number of hydrogen-bond acceptors (Lipinski definition) is 3. The van der Waals surface area contributed by atoms with Gasteiger partial charge in [-0.2, -0.15) is 26.3 Å². The monoisotopic (exact) mass is 529 g/mol. The highest BCUT2D eigenvalue weighted by Crippen LogP contribution is 2.37. The van der Waals surface area contributed by atoms with Crippen molar-refractivity contribution in [2.45, 2.75) is 25.8 Å². The zero-order chi connectivity index (χ0) is 27.7. The SMILES string of the molecule is Cc1ccccc1-c1cc(-c2cccnc2)ncc1C(=O)N(C)Cc1cc(C(F)(F)F)cc(C(F)(F)F)c1. The van der Waals surface area contributed by atoms with Crippen LogP contribution in [0.5, 0.6) is 0 Å². The van der Waals surface area contributed by atoms with Crippen molar-refractivity contribution in [3.63, 3.8) is 0 Å². The minimum atomic E-state index is -4.98. The second-order valence-electron chi connectivity index (χ2n) is 8.75. The van der Waals surface area contributed by atoms with Crippen LogP contribution in [0, 0.1) is 6.92 Å². The molecule has 0 aliphatic heterocycles. The maximum absolute atomic E-state index is 13.5. The largest absolute Gasteiger partial charge is 0.416 e. The predicted octanol–water partition coefficient (Wildman–Crippen LogP) is 7.43. The number of hydrogen-bond donors (Lipinski definition) is 0. The molecule has 0 saturated heterocycles. The summed E-state index contributed by atoms with van der Waals surface area (Å²) in [5.41, 5.74) is 0.334. The molecular formula is C28H21F6N3O. The van der Waals surface area contributed by atoms with Crippen LogP contribution in [0.3, 0.4) is 0 Å². The first-order valence-corrected chi connectivity index (χ1v) is 11.3. The van der Waals surface area contributed by atoms with E-state index in [1.165, 1.54) is 13.2 Å². The molecular weight excluding hydrogens is 508 g/mol. The van der Waals surface area contributed by atoms with Gasteiger partial charge in [0.25, 0.3) is 5.91 Å². The van der Waals surface area contributed by atoms with Gasteiger partial charge in [0, 0.05) is 37.7 Å². The summed E-state index contributed by atoms with van der Waals surface area (Å²) in [6.07, 6.45) is -5.39. The zero-order valence-corrected chi connectivity index (χ0v) is 20.2. The van der Waals surface area contributed by atoms with Crippen LogP contribution in [0.2, 0.25) is 0 Å². The van der Waals surface area contributed by atoms with Crippen molar-refractivity contribution in [1.29, 1.82) is 0 Å². The molecule has 0 atom stereocenters. The summed E-state index contributed by atoms with van der Waals surface area (Å²) < 4.78 is 79.8. The topological polar surface area (TPSA) is 46.1 Å². The van der Waals surface area contributed by atoms with E-state index in [0.29, 0.717) is 29.0 Å². The number of rotatable bonds is 5. The third-order valence-electron chi connectivity index (χ3n) is 5.94. The number of nitrogens with zero attached hydrogens (tertiary/aromatic N) is 3. The lowest BCUT2D eigenvalue weighted by atomic mass is 9.95. The summed E-state index contributed by atoms with van der Waals surface area (Å²) in [5, 5.41) is 0. The van der Waals surface area contributed by atoms with E-state index in [0.717, 1.165) is 16.0 Å². The standard InChI is InChI=1S/C28H21F6N3O/c1-17-6-3-4-8-22(17)23-13-25(19-7-5-9-35-14-19)36-15-24(23)26(38)37(2)16-18-10-20(27(29,30)31)12-21(11-18)28(32,33)34/h3-15H,16H2,1-2H3. The lowest BCUT2D eigenvalue weighted by Gasteiger charge is -2.21. The van der Waals surface area contributed by atoms with Crippen molar-refractivity contribution in [2.75, 3.05) is 7.05 Å². The van der Waals surface area contributed by atoms with Gasteiger partial charge in [0.15, 0.2) is 0 Å². The fourth-order valence-corrected chi connectivity index (χ4v) is 4.06. The summed E-state index contributed by atoms with van der Waals surface area (Å²) in [7, 11) is 1.31. The Morgan fingerprint density at radius 2 is 1.50 bits per heavy atom. The molecule has 2 aromatic carbocycles. The van der Waals surface area contributed by atoms with Gasteiger partial charge in [-0.25, -0.2) is 0 Å². The van der Waals surface area contributed by atoms with Crippen molar-refractivity contribution in [3.8, 4) is 22.4 Å². The summed E-state index contributed by atoms with van der Waals surface area (Å²) in [4.78, 5) is 23.0. The second kappa shape index (κ2) is 10.3. The van der Waals surface area contributed by atoms with E-state index < -0.39 is 35.9 Å². The Morgan fingerprint density at radius 1 is 0.842 bits per heavy atom. The first-order chi connectivity index (χ1) is 17.8. The van der Waals surface area contributed by atoms with Crippen LogP contribution in [0.25, 0.3) is 22.4 Å². The Bertz CT molecular complexity index is 1430. The average Bonchev–Trinajstić information content (AvgIpc) is 2.87. The summed E-state index contributed by atoms with van der Waals surface area (Å²) in [5.74, 6) is -0.612. The Balaban J connectivity index is 1.75. The normalized spacial score (nSPS) is 11.9. The van der Waals surface area contributed by atoms with Crippen molar-refractivity contribution >= 4 is 5.91 Å². The van der Waals surface area contributed by atoms with Crippen molar-refractivity contribution in [3.05, 3.63) is 107 Å². The third-order valence-corrected chi connectivity index (χ3v) is 5.94. The molecule has 38 heavy (non-hydrogen) atoms. The molecule has 196 valence electrons. The molecule has 0 N–H and O–H groups in total. The number of aromatic nitrogens is 2. The molecule has 0 aliphatic carbocycles. The third kappa shape index (κ3) is 5.85. The molecule has 4 nitrogen and oxygen atoms in total.